The highest BCUT2D eigenvalue weighted by atomic mass is 32.2. The first kappa shape index (κ1) is 24.1. The molecule has 0 spiro atoms. The topological polar surface area (TPSA) is 66.5 Å². The smallest absolute Gasteiger partial charge is 0.326 e. The van der Waals surface area contributed by atoms with E-state index in [-0.39, 0.29) is 30.5 Å². The number of benzene rings is 2. The normalized spacial score (nSPS) is 18.4. The van der Waals surface area contributed by atoms with Crippen LogP contribution in [0, 0.1) is 5.92 Å². The Morgan fingerprint density at radius 3 is 2.03 bits per heavy atom. The Kier molecular flexibility index (Phi) is 6.57. The molecule has 0 aliphatic carbocycles. The van der Waals surface area contributed by atoms with Crippen LogP contribution in [-0.2, 0) is 27.2 Å². The number of rotatable bonds is 4. The molecule has 3 rings (SSSR count). The molecular weight excluding hydrogens is 462 g/mol. The molecule has 2 aromatic carbocycles. The van der Waals surface area contributed by atoms with Gasteiger partial charge in [0.25, 0.3) is 0 Å². The van der Waals surface area contributed by atoms with Gasteiger partial charge in [0, 0.05) is 18.8 Å². The van der Waals surface area contributed by atoms with Gasteiger partial charge in [-0.2, -0.15) is 30.6 Å². The van der Waals surface area contributed by atoms with E-state index >= 15 is 0 Å². The Labute approximate surface area is 180 Å². The van der Waals surface area contributed by atoms with E-state index in [0.29, 0.717) is 18.6 Å². The van der Waals surface area contributed by atoms with E-state index in [4.69, 9.17) is 0 Å². The molecule has 0 saturated carbocycles. The van der Waals surface area contributed by atoms with Crippen LogP contribution in [0.1, 0.15) is 24.0 Å². The summed E-state index contributed by atoms with van der Waals surface area (Å²) < 4.78 is 105. The van der Waals surface area contributed by atoms with Crippen molar-refractivity contribution in [2.24, 2.45) is 5.92 Å². The summed E-state index contributed by atoms with van der Waals surface area (Å²) in [6.45, 7) is -0.100. The van der Waals surface area contributed by atoms with E-state index in [1.54, 1.807) is 6.07 Å². The molecule has 2 aromatic rings. The molecule has 0 radical (unpaired) electrons. The SMILES string of the molecule is O=C(Nc1cc(C(F)(F)F)cc(C(F)(F)F)c1)C1CCCN(S(=O)(=O)c2ccccc2)C1. The van der Waals surface area contributed by atoms with Crippen molar-refractivity contribution in [2.75, 3.05) is 18.4 Å². The third-order valence-electron chi connectivity index (χ3n) is 4.99. The van der Waals surface area contributed by atoms with Crippen molar-refractivity contribution in [3.63, 3.8) is 0 Å². The van der Waals surface area contributed by atoms with Gasteiger partial charge in [0.1, 0.15) is 0 Å². The lowest BCUT2D eigenvalue weighted by Gasteiger charge is -2.31. The number of alkyl halides is 6. The third-order valence-corrected chi connectivity index (χ3v) is 6.87. The van der Waals surface area contributed by atoms with Crippen LogP contribution in [0.25, 0.3) is 0 Å². The fraction of sp³-hybridized carbons (Fsp3) is 0.350. The molecule has 1 fully saturated rings. The van der Waals surface area contributed by atoms with Crippen LogP contribution in [0.15, 0.2) is 53.4 Å². The molecule has 1 atom stereocenters. The molecule has 1 heterocycles. The Balaban J connectivity index is 1.81. The molecule has 1 saturated heterocycles. The van der Waals surface area contributed by atoms with Crippen molar-refractivity contribution in [3.05, 3.63) is 59.7 Å². The van der Waals surface area contributed by atoms with Gasteiger partial charge in [-0.1, -0.05) is 18.2 Å². The first-order valence-electron chi connectivity index (χ1n) is 9.44. The molecule has 1 amide bonds. The van der Waals surface area contributed by atoms with Gasteiger partial charge in [-0.15, -0.1) is 0 Å². The molecule has 32 heavy (non-hydrogen) atoms. The third kappa shape index (κ3) is 5.41. The fourth-order valence-electron chi connectivity index (χ4n) is 3.39. The lowest BCUT2D eigenvalue weighted by atomic mass is 9.98. The zero-order valence-corrected chi connectivity index (χ0v) is 17.2. The second-order valence-electron chi connectivity index (χ2n) is 7.30. The van der Waals surface area contributed by atoms with E-state index in [9.17, 15) is 39.6 Å². The molecule has 5 nitrogen and oxygen atoms in total. The number of nitrogens with zero attached hydrogens (tertiary/aromatic N) is 1. The maximum Gasteiger partial charge on any atom is 0.416 e. The van der Waals surface area contributed by atoms with Gasteiger partial charge in [-0.3, -0.25) is 4.79 Å². The number of nitrogens with one attached hydrogen (secondary N) is 1. The highest BCUT2D eigenvalue weighted by Gasteiger charge is 2.38. The molecule has 12 heteroatoms. The Hall–Kier alpha value is -2.60. The van der Waals surface area contributed by atoms with E-state index in [2.05, 4.69) is 5.32 Å². The number of halogens is 6. The van der Waals surface area contributed by atoms with Crippen LogP contribution in [-0.4, -0.2) is 31.7 Å². The van der Waals surface area contributed by atoms with Crippen molar-refractivity contribution < 1.29 is 39.6 Å². The number of sulfonamides is 1. The van der Waals surface area contributed by atoms with Crippen LogP contribution < -0.4 is 5.32 Å². The number of piperidine rings is 1. The maximum atomic E-state index is 13.0. The summed E-state index contributed by atoms with van der Waals surface area (Å²) >= 11 is 0. The predicted octanol–water partition coefficient (Wildman–Crippen LogP) is 4.76. The second kappa shape index (κ2) is 8.74. The summed E-state index contributed by atoms with van der Waals surface area (Å²) in [5.41, 5.74) is -3.78. The minimum Gasteiger partial charge on any atom is -0.326 e. The van der Waals surface area contributed by atoms with Crippen LogP contribution in [0.4, 0.5) is 32.0 Å². The number of amides is 1. The summed E-state index contributed by atoms with van der Waals surface area (Å²) in [7, 11) is -3.90. The highest BCUT2D eigenvalue weighted by molar-refractivity contribution is 7.89. The summed E-state index contributed by atoms with van der Waals surface area (Å²) in [5.74, 6) is -1.79. The average molecular weight is 480 g/mol. The van der Waals surface area contributed by atoms with Crippen molar-refractivity contribution in [1.82, 2.24) is 4.31 Å². The van der Waals surface area contributed by atoms with E-state index in [0.717, 1.165) is 4.31 Å². The van der Waals surface area contributed by atoms with E-state index in [1.807, 2.05) is 0 Å². The zero-order chi connectivity index (χ0) is 23.7. The standard InChI is InChI=1S/C20H18F6N2O3S/c21-19(22,23)14-9-15(20(24,25)26)11-16(10-14)27-18(29)13-5-4-8-28(12-13)32(30,31)17-6-2-1-3-7-17/h1-3,6-7,9-11,13H,4-5,8,12H2,(H,27,29). The van der Waals surface area contributed by atoms with Gasteiger partial charge in [-0.25, -0.2) is 8.42 Å². The maximum absolute atomic E-state index is 13.0. The highest BCUT2D eigenvalue weighted by Crippen LogP contribution is 2.37. The molecule has 174 valence electrons. The van der Waals surface area contributed by atoms with Crippen molar-refractivity contribution >= 4 is 21.6 Å². The van der Waals surface area contributed by atoms with Gasteiger partial charge in [0.15, 0.2) is 0 Å². The van der Waals surface area contributed by atoms with Gasteiger partial charge >= 0.3 is 12.4 Å². The fourth-order valence-corrected chi connectivity index (χ4v) is 4.93. The van der Waals surface area contributed by atoms with Crippen LogP contribution in [0.2, 0.25) is 0 Å². The Bertz CT molecular complexity index is 1050. The number of anilines is 1. The molecule has 0 bridgehead atoms. The quantitative estimate of drug-likeness (QED) is 0.642. The van der Waals surface area contributed by atoms with Gasteiger partial charge in [0.05, 0.1) is 21.9 Å². The summed E-state index contributed by atoms with van der Waals surface area (Å²) in [6, 6.07) is 8.27. The second-order valence-corrected chi connectivity index (χ2v) is 9.24. The van der Waals surface area contributed by atoms with Crippen LogP contribution >= 0.6 is 0 Å². The lowest BCUT2D eigenvalue weighted by Crippen LogP contribution is -2.43. The summed E-state index contributed by atoms with van der Waals surface area (Å²) in [5, 5.41) is 2.09. The minimum atomic E-state index is -5.05. The van der Waals surface area contributed by atoms with Gasteiger partial charge in [0.2, 0.25) is 15.9 Å². The predicted molar refractivity (Wildman–Crippen MR) is 103 cm³/mol. The van der Waals surface area contributed by atoms with Gasteiger partial charge < -0.3 is 5.32 Å². The molecule has 1 aliphatic heterocycles. The number of carbonyl (C=O) groups excluding carboxylic acids is 1. The van der Waals surface area contributed by atoms with Crippen LogP contribution in [0.5, 0.6) is 0 Å². The lowest BCUT2D eigenvalue weighted by molar-refractivity contribution is -0.143. The zero-order valence-electron chi connectivity index (χ0n) is 16.4. The molecular formula is C20H18F6N2O3S. The largest absolute Gasteiger partial charge is 0.416 e. The van der Waals surface area contributed by atoms with Crippen molar-refractivity contribution in [2.45, 2.75) is 30.1 Å². The Morgan fingerprint density at radius 1 is 0.938 bits per heavy atom. The van der Waals surface area contributed by atoms with Crippen molar-refractivity contribution in [1.29, 1.82) is 0 Å². The first-order valence-corrected chi connectivity index (χ1v) is 10.9. The van der Waals surface area contributed by atoms with E-state index in [1.165, 1.54) is 24.3 Å². The molecule has 1 N–H and O–H groups in total. The summed E-state index contributed by atoms with van der Waals surface area (Å²) in [6.07, 6.45) is -9.56. The first-order chi connectivity index (χ1) is 14.8. The van der Waals surface area contributed by atoms with Crippen LogP contribution in [0.3, 0.4) is 0 Å². The summed E-state index contributed by atoms with van der Waals surface area (Å²) in [4.78, 5) is 12.6. The van der Waals surface area contributed by atoms with Crippen molar-refractivity contribution in [3.8, 4) is 0 Å². The molecule has 1 aliphatic rings. The molecule has 0 aromatic heterocycles. The number of carbonyl (C=O) groups is 1. The average Bonchev–Trinajstić information content (AvgIpc) is 2.73. The number of hydrogen-bond donors (Lipinski definition) is 1. The number of hydrogen-bond acceptors (Lipinski definition) is 3. The monoisotopic (exact) mass is 480 g/mol. The van der Waals surface area contributed by atoms with Gasteiger partial charge in [-0.05, 0) is 43.2 Å². The molecule has 1 unspecified atom stereocenters. The Morgan fingerprint density at radius 2 is 1.50 bits per heavy atom. The van der Waals surface area contributed by atoms with E-state index < -0.39 is 51.0 Å². The minimum absolute atomic E-state index is 0.0220.